The maximum Gasteiger partial charge on any atom is 0.416 e. The van der Waals surface area contributed by atoms with Crippen molar-refractivity contribution >= 4 is 12.1 Å². The van der Waals surface area contributed by atoms with Gasteiger partial charge in [-0.2, -0.15) is 0 Å². The van der Waals surface area contributed by atoms with Gasteiger partial charge in [-0.15, -0.1) is 0 Å². The van der Waals surface area contributed by atoms with Gasteiger partial charge in [-0.05, 0) is 140 Å². The second-order valence-electron chi connectivity index (χ2n) is 13.7. The average Bonchev–Trinajstić information content (AvgIpc) is 3.06. The number of urea groups is 2. The molecule has 4 amide bonds. The van der Waals surface area contributed by atoms with Crippen LogP contribution in [0, 0.1) is 32.6 Å². The molecular formula is C41H77N6O2+3. The second kappa shape index (κ2) is 23.4. The van der Waals surface area contributed by atoms with Crippen LogP contribution in [0.25, 0.3) is 0 Å². The summed E-state index contributed by atoms with van der Waals surface area (Å²) in [6, 6.07) is -0.357. The first-order chi connectivity index (χ1) is 23.1. The molecule has 0 radical (unpaired) electrons. The predicted molar refractivity (Wildman–Crippen MR) is 205 cm³/mol. The Morgan fingerprint density at radius 2 is 0.837 bits per heavy atom. The van der Waals surface area contributed by atoms with E-state index in [9.17, 15) is 9.59 Å². The van der Waals surface area contributed by atoms with Gasteiger partial charge in [0.2, 0.25) is 0 Å². The van der Waals surface area contributed by atoms with Crippen LogP contribution in [0.15, 0.2) is 19.0 Å². The lowest BCUT2D eigenvalue weighted by Gasteiger charge is -2.45. The van der Waals surface area contributed by atoms with E-state index in [-0.39, 0.29) is 18.2 Å². The lowest BCUT2D eigenvalue weighted by Crippen LogP contribution is -2.65. The van der Waals surface area contributed by atoms with Crippen LogP contribution in [0.2, 0.25) is 0 Å². The number of hydrogen-bond donors (Lipinski definition) is 0. The van der Waals surface area contributed by atoms with E-state index in [1.807, 2.05) is 27.7 Å². The number of carbonyl (C=O) groups excluding carboxylic acids is 2. The molecule has 1 fully saturated rings. The number of benzene rings is 1. The lowest BCUT2D eigenvalue weighted by molar-refractivity contribution is -0.939. The van der Waals surface area contributed by atoms with Crippen LogP contribution in [0.5, 0.6) is 0 Å². The van der Waals surface area contributed by atoms with Gasteiger partial charge in [0, 0.05) is 19.6 Å². The molecule has 0 N–H and O–H groups in total. The van der Waals surface area contributed by atoms with E-state index in [0.717, 1.165) is 50.7 Å². The molecule has 0 aliphatic carbocycles. The van der Waals surface area contributed by atoms with E-state index in [1.165, 1.54) is 28.0 Å². The maximum absolute atomic E-state index is 11.9. The van der Waals surface area contributed by atoms with Gasteiger partial charge >= 0.3 is 31.0 Å². The SMILES string of the molecule is CC(C)CC(C)C.CCN1C(=O)N(CC)C(C)N(CC)C1=O.CC[n+]1c[n+](CC)c[n+](CC)c1.CCc1c(C)c(CC)c(C)c(CC)c1C. The fourth-order valence-electron chi connectivity index (χ4n) is 7.02. The van der Waals surface area contributed by atoms with Gasteiger partial charge in [0.05, 0.1) is 0 Å². The highest BCUT2D eigenvalue weighted by Gasteiger charge is 2.39. The first kappa shape index (κ1) is 46.0. The summed E-state index contributed by atoms with van der Waals surface area (Å²) in [5, 5.41) is 0. The molecule has 1 aliphatic rings. The summed E-state index contributed by atoms with van der Waals surface area (Å²) >= 11 is 0. The van der Waals surface area contributed by atoms with Gasteiger partial charge in [0.25, 0.3) is 0 Å². The minimum atomic E-state index is -0.179. The van der Waals surface area contributed by atoms with Gasteiger partial charge < -0.3 is 9.80 Å². The van der Waals surface area contributed by atoms with E-state index in [1.54, 1.807) is 26.5 Å². The van der Waals surface area contributed by atoms with Crippen LogP contribution in [0.3, 0.4) is 0 Å². The third-order valence-corrected chi connectivity index (χ3v) is 9.56. The molecule has 1 saturated heterocycles. The van der Waals surface area contributed by atoms with Crippen molar-refractivity contribution < 1.29 is 23.3 Å². The van der Waals surface area contributed by atoms with Gasteiger partial charge in [0.15, 0.2) is 19.6 Å². The zero-order valence-electron chi connectivity index (χ0n) is 35.0. The number of imide groups is 1. The Morgan fingerprint density at radius 1 is 0.551 bits per heavy atom. The number of aromatic nitrogens is 3. The highest BCUT2D eigenvalue weighted by atomic mass is 16.2. The first-order valence-electron chi connectivity index (χ1n) is 19.4. The molecule has 0 bridgehead atoms. The fraction of sp³-hybridized carbons (Fsp3) is 0.732. The van der Waals surface area contributed by atoms with E-state index in [2.05, 4.69) is 123 Å². The Hall–Kier alpha value is -3.03. The summed E-state index contributed by atoms with van der Waals surface area (Å²) in [6.07, 6.45) is 11.1. The predicted octanol–water partition coefficient (Wildman–Crippen LogP) is 8.15. The van der Waals surface area contributed by atoms with Crippen LogP contribution in [-0.4, -0.2) is 52.6 Å². The zero-order chi connectivity index (χ0) is 38.0. The van der Waals surface area contributed by atoms with Crippen molar-refractivity contribution in [2.75, 3.05) is 19.6 Å². The maximum atomic E-state index is 11.9. The molecule has 1 aromatic carbocycles. The van der Waals surface area contributed by atoms with Crippen LogP contribution >= 0.6 is 0 Å². The molecular weight excluding hydrogens is 608 g/mol. The highest BCUT2D eigenvalue weighted by molar-refractivity contribution is 5.96. The molecule has 2 aromatic rings. The molecule has 8 heteroatoms. The summed E-state index contributed by atoms with van der Waals surface area (Å²) < 4.78 is 6.56. The van der Waals surface area contributed by atoms with Gasteiger partial charge in [0.1, 0.15) is 6.17 Å². The number of hydrogen-bond acceptors (Lipinski definition) is 2. The number of rotatable bonds is 11. The standard InChI is InChI=1S/C15H24.C10H19N3O2.C9H18N3.C7H16/c1-7-13-10(4)14(8-2)12(6)15(9-3)11(13)5;1-5-11-8(4)12(6-2)10(15)13(7-3)9(11)14;1-4-10-7-11(5-2)9-12(6-3)8-10;1-6(2)5-7(3)4/h7-9H2,1-6H3;8H,5-7H2,1-4H3;7-9H,4-6H2,1-3H3;6-7H,5H2,1-4H3/q;;+3;. The third-order valence-electron chi connectivity index (χ3n) is 9.56. The van der Waals surface area contributed by atoms with Crippen molar-refractivity contribution in [3.63, 3.8) is 0 Å². The molecule has 3 rings (SSSR count). The molecule has 0 atom stereocenters. The van der Waals surface area contributed by atoms with Gasteiger partial charge in [-0.3, -0.25) is 0 Å². The largest absolute Gasteiger partial charge is 0.416 e. The van der Waals surface area contributed by atoms with Crippen LogP contribution in [-0.2, 0) is 38.9 Å². The summed E-state index contributed by atoms with van der Waals surface area (Å²) in [7, 11) is 0. The minimum absolute atomic E-state index is 0.136. The molecule has 49 heavy (non-hydrogen) atoms. The smallest absolute Gasteiger partial charge is 0.304 e. The zero-order valence-corrected chi connectivity index (χ0v) is 35.0. The Kier molecular flexibility index (Phi) is 21.9. The lowest BCUT2D eigenvalue weighted by atomic mass is 9.85. The molecule has 0 spiro atoms. The Bertz CT molecular complexity index is 1130. The summed E-state index contributed by atoms with van der Waals surface area (Å²) in [5.74, 6) is 1.75. The normalized spacial score (nSPS) is 13.2. The van der Waals surface area contributed by atoms with Crippen molar-refractivity contribution in [2.24, 2.45) is 11.8 Å². The molecule has 0 saturated carbocycles. The molecule has 280 valence electrons. The summed E-state index contributed by atoms with van der Waals surface area (Å²) in [4.78, 5) is 28.4. The Labute approximate surface area is 302 Å². The van der Waals surface area contributed by atoms with Crippen molar-refractivity contribution in [1.29, 1.82) is 0 Å². The average molecular weight is 686 g/mol. The Morgan fingerprint density at radius 3 is 1.00 bits per heavy atom. The number of nitrogens with zero attached hydrogens (tertiary/aromatic N) is 6. The van der Waals surface area contributed by atoms with E-state index >= 15 is 0 Å². The first-order valence-corrected chi connectivity index (χ1v) is 19.4. The van der Waals surface area contributed by atoms with Crippen molar-refractivity contribution in [3.05, 3.63) is 52.4 Å². The topological polar surface area (TPSA) is 55.5 Å². The highest BCUT2D eigenvalue weighted by Crippen LogP contribution is 2.28. The molecule has 1 aromatic heterocycles. The quantitative estimate of drug-likeness (QED) is 0.224. The monoisotopic (exact) mass is 686 g/mol. The van der Waals surface area contributed by atoms with Gasteiger partial charge in [-0.1, -0.05) is 62.2 Å². The minimum Gasteiger partial charge on any atom is -0.304 e. The summed E-state index contributed by atoms with van der Waals surface area (Å²) in [6.45, 7) is 41.5. The summed E-state index contributed by atoms with van der Waals surface area (Å²) in [5.41, 5.74) is 9.34. The molecule has 2 heterocycles. The van der Waals surface area contributed by atoms with Crippen LogP contribution in [0.1, 0.15) is 137 Å². The van der Waals surface area contributed by atoms with Crippen molar-refractivity contribution in [3.8, 4) is 0 Å². The van der Waals surface area contributed by atoms with Crippen LogP contribution < -0.4 is 13.7 Å². The molecule has 1 aliphatic heterocycles. The third kappa shape index (κ3) is 13.3. The number of amides is 4. The van der Waals surface area contributed by atoms with Crippen LogP contribution in [0.4, 0.5) is 9.59 Å². The Balaban J connectivity index is 0.000000648. The molecule has 8 nitrogen and oxygen atoms in total. The fourth-order valence-corrected chi connectivity index (χ4v) is 7.02. The van der Waals surface area contributed by atoms with Gasteiger partial charge in [-0.25, -0.2) is 14.5 Å². The van der Waals surface area contributed by atoms with E-state index < -0.39 is 0 Å². The number of carbonyl (C=O) groups is 2. The van der Waals surface area contributed by atoms with E-state index in [0.29, 0.717) is 19.6 Å². The second-order valence-corrected chi connectivity index (χ2v) is 13.7. The van der Waals surface area contributed by atoms with Crippen molar-refractivity contribution in [1.82, 2.24) is 14.7 Å². The number of aryl methyl sites for hydroxylation is 3. The van der Waals surface area contributed by atoms with E-state index in [4.69, 9.17) is 0 Å². The molecule has 0 unspecified atom stereocenters. The van der Waals surface area contributed by atoms with Crippen molar-refractivity contribution in [2.45, 2.75) is 169 Å².